The first-order chi connectivity index (χ1) is 17.0. The number of carbonyl (C=O) groups excluding carboxylic acids is 2. The zero-order valence-electron chi connectivity index (χ0n) is 19.9. The minimum Gasteiger partial charge on any atom is -0.298 e. The standard InChI is InChI=1S/C32H26O2Si/c1-35(2)31(27-17-9-11-23(19-27)21-33)29(25-13-5-3-6-14-25)30(26-15-7-4-8-16-26)32(35)28-18-10-12-24(20-28)22-34/h3-22H,1-2H3. The van der Waals surface area contributed by atoms with Crippen LogP contribution < -0.4 is 0 Å². The Hall–Kier alpha value is -4.08. The highest BCUT2D eigenvalue weighted by atomic mass is 28.3. The summed E-state index contributed by atoms with van der Waals surface area (Å²) in [4.78, 5) is 23.4. The Morgan fingerprint density at radius 1 is 0.486 bits per heavy atom. The number of allylic oxidation sites excluding steroid dienone is 2. The van der Waals surface area contributed by atoms with Gasteiger partial charge in [0.05, 0.1) is 0 Å². The molecular formula is C32H26O2Si. The summed E-state index contributed by atoms with van der Waals surface area (Å²) < 4.78 is 0. The van der Waals surface area contributed by atoms with E-state index >= 15 is 0 Å². The second-order valence-electron chi connectivity index (χ2n) is 9.34. The van der Waals surface area contributed by atoms with Crippen molar-refractivity contribution in [2.75, 3.05) is 0 Å². The molecule has 1 aliphatic heterocycles. The van der Waals surface area contributed by atoms with Gasteiger partial charge in [0.2, 0.25) is 0 Å². The van der Waals surface area contributed by atoms with Gasteiger partial charge in [-0.1, -0.05) is 110 Å². The smallest absolute Gasteiger partial charge is 0.150 e. The number of hydrogen-bond acceptors (Lipinski definition) is 2. The highest BCUT2D eigenvalue weighted by Crippen LogP contribution is 2.55. The Morgan fingerprint density at radius 3 is 1.23 bits per heavy atom. The molecule has 0 saturated heterocycles. The van der Waals surface area contributed by atoms with E-state index in [1.165, 1.54) is 21.5 Å². The molecule has 2 nitrogen and oxygen atoms in total. The maximum atomic E-state index is 11.7. The van der Waals surface area contributed by atoms with E-state index in [1.54, 1.807) is 0 Å². The average Bonchev–Trinajstić information content (AvgIpc) is 3.16. The first kappa shape index (κ1) is 22.7. The number of aldehydes is 2. The second kappa shape index (κ2) is 9.28. The normalized spacial score (nSPS) is 14.8. The Labute approximate surface area is 207 Å². The Balaban J connectivity index is 1.92. The molecule has 0 radical (unpaired) electrons. The van der Waals surface area contributed by atoms with E-state index in [0.717, 1.165) is 34.8 Å². The van der Waals surface area contributed by atoms with Crippen LogP contribution >= 0.6 is 0 Å². The quantitative estimate of drug-likeness (QED) is 0.214. The molecule has 4 aromatic carbocycles. The minimum atomic E-state index is -2.32. The number of hydrogen-bond donors (Lipinski definition) is 0. The summed E-state index contributed by atoms with van der Waals surface area (Å²) in [6.45, 7) is 4.75. The van der Waals surface area contributed by atoms with Crippen LogP contribution in [0.3, 0.4) is 0 Å². The molecule has 170 valence electrons. The lowest BCUT2D eigenvalue weighted by molar-refractivity contribution is 0.111. The predicted molar refractivity (Wildman–Crippen MR) is 148 cm³/mol. The van der Waals surface area contributed by atoms with E-state index in [0.29, 0.717) is 11.1 Å². The van der Waals surface area contributed by atoms with Gasteiger partial charge in [-0.3, -0.25) is 9.59 Å². The van der Waals surface area contributed by atoms with Crippen LogP contribution in [0.2, 0.25) is 13.1 Å². The molecule has 0 aliphatic carbocycles. The Kier molecular flexibility index (Phi) is 6.02. The summed E-state index contributed by atoms with van der Waals surface area (Å²) in [6.07, 6.45) is 1.82. The third kappa shape index (κ3) is 4.05. The summed E-state index contributed by atoms with van der Waals surface area (Å²) in [5, 5.41) is 2.61. The average molecular weight is 471 g/mol. The Morgan fingerprint density at radius 2 is 0.857 bits per heavy atom. The Bertz CT molecular complexity index is 1370. The summed E-state index contributed by atoms with van der Waals surface area (Å²) in [7, 11) is -2.32. The molecule has 0 aromatic heterocycles. The van der Waals surface area contributed by atoms with Gasteiger partial charge in [-0.25, -0.2) is 0 Å². The lowest BCUT2D eigenvalue weighted by Gasteiger charge is -2.27. The van der Waals surface area contributed by atoms with Crippen molar-refractivity contribution in [3.63, 3.8) is 0 Å². The number of rotatable bonds is 6. The minimum absolute atomic E-state index is 0.671. The molecule has 0 spiro atoms. The van der Waals surface area contributed by atoms with Gasteiger partial charge in [-0.05, 0) is 55.9 Å². The van der Waals surface area contributed by atoms with Crippen molar-refractivity contribution in [2.45, 2.75) is 13.1 Å². The molecule has 0 saturated carbocycles. The lowest BCUT2D eigenvalue weighted by Crippen LogP contribution is -2.28. The van der Waals surface area contributed by atoms with Gasteiger partial charge in [0, 0.05) is 11.1 Å². The van der Waals surface area contributed by atoms with Crippen LogP contribution in [0.25, 0.3) is 21.5 Å². The van der Waals surface area contributed by atoms with Gasteiger partial charge in [-0.2, -0.15) is 0 Å². The summed E-state index contributed by atoms with van der Waals surface area (Å²) >= 11 is 0. The van der Waals surface area contributed by atoms with Gasteiger partial charge in [0.25, 0.3) is 0 Å². The van der Waals surface area contributed by atoms with Crippen LogP contribution in [0, 0.1) is 0 Å². The van der Waals surface area contributed by atoms with Crippen LogP contribution in [0.1, 0.15) is 43.0 Å². The maximum Gasteiger partial charge on any atom is 0.150 e. The van der Waals surface area contributed by atoms with Crippen LogP contribution in [0.15, 0.2) is 109 Å². The lowest BCUT2D eigenvalue weighted by atomic mass is 9.89. The van der Waals surface area contributed by atoms with Crippen LogP contribution in [-0.2, 0) is 0 Å². The van der Waals surface area contributed by atoms with E-state index in [4.69, 9.17) is 0 Å². The van der Waals surface area contributed by atoms with Crippen molar-refractivity contribution in [2.24, 2.45) is 0 Å². The molecule has 0 bridgehead atoms. The largest absolute Gasteiger partial charge is 0.298 e. The van der Waals surface area contributed by atoms with Gasteiger partial charge < -0.3 is 0 Å². The molecule has 0 N–H and O–H groups in total. The van der Waals surface area contributed by atoms with Crippen molar-refractivity contribution >= 4 is 42.2 Å². The monoisotopic (exact) mass is 470 g/mol. The molecule has 3 heteroatoms. The molecule has 0 amide bonds. The highest BCUT2D eigenvalue weighted by Gasteiger charge is 2.43. The van der Waals surface area contributed by atoms with Crippen molar-refractivity contribution in [3.8, 4) is 0 Å². The first-order valence-corrected chi connectivity index (χ1v) is 14.8. The van der Waals surface area contributed by atoms with E-state index in [1.807, 2.05) is 48.5 Å². The number of benzene rings is 4. The van der Waals surface area contributed by atoms with Crippen molar-refractivity contribution in [1.29, 1.82) is 0 Å². The maximum absolute atomic E-state index is 11.7. The van der Waals surface area contributed by atoms with E-state index in [2.05, 4.69) is 73.8 Å². The van der Waals surface area contributed by atoms with Gasteiger partial charge in [0.1, 0.15) is 20.6 Å². The van der Waals surface area contributed by atoms with Crippen LogP contribution in [0.4, 0.5) is 0 Å². The third-order valence-electron chi connectivity index (χ3n) is 6.75. The zero-order valence-corrected chi connectivity index (χ0v) is 20.9. The van der Waals surface area contributed by atoms with Gasteiger partial charge in [-0.15, -0.1) is 0 Å². The van der Waals surface area contributed by atoms with E-state index in [-0.39, 0.29) is 0 Å². The molecule has 4 aromatic rings. The molecule has 35 heavy (non-hydrogen) atoms. The molecule has 0 fully saturated rings. The predicted octanol–water partition coefficient (Wildman–Crippen LogP) is 7.63. The van der Waals surface area contributed by atoms with E-state index in [9.17, 15) is 9.59 Å². The van der Waals surface area contributed by atoms with Crippen LogP contribution in [-0.4, -0.2) is 20.6 Å². The third-order valence-corrected chi connectivity index (χ3v) is 10.3. The topological polar surface area (TPSA) is 34.1 Å². The van der Waals surface area contributed by atoms with Crippen molar-refractivity contribution < 1.29 is 9.59 Å². The highest BCUT2D eigenvalue weighted by molar-refractivity contribution is 7.13. The fourth-order valence-corrected chi connectivity index (χ4v) is 9.13. The SMILES string of the molecule is C[Si]1(C)C(c2cccc(C=O)c2)=C(c2ccccc2)C(c2ccccc2)=C1c1cccc(C=O)c1. The fraction of sp³-hybridized carbons (Fsp3) is 0.0625. The van der Waals surface area contributed by atoms with Gasteiger partial charge >= 0.3 is 0 Å². The van der Waals surface area contributed by atoms with Gasteiger partial charge in [0.15, 0.2) is 0 Å². The number of carbonyl (C=O) groups is 2. The zero-order chi connectivity index (χ0) is 24.4. The van der Waals surface area contributed by atoms with Crippen molar-refractivity contribution in [3.05, 3.63) is 143 Å². The molecular weight excluding hydrogens is 444 g/mol. The summed E-state index contributed by atoms with van der Waals surface area (Å²) in [6, 6.07) is 36.9. The molecule has 1 heterocycles. The molecule has 1 aliphatic rings. The second-order valence-corrected chi connectivity index (χ2v) is 13.6. The van der Waals surface area contributed by atoms with E-state index < -0.39 is 8.07 Å². The fourth-order valence-electron chi connectivity index (χ4n) is 5.33. The van der Waals surface area contributed by atoms with Crippen molar-refractivity contribution in [1.82, 2.24) is 0 Å². The first-order valence-electron chi connectivity index (χ1n) is 11.8. The summed E-state index contributed by atoms with van der Waals surface area (Å²) in [5.74, 6) is 0. The molecule has 0 unspecified atom stereocenters. The molecule has 5 rings (SSSR count). The summed E-state index contributed by atoms with van der Waals surface area (Å²) in [5.41, 5.74) is 8.24. The van der Waals surface area contributed by atoms with Crippen LogP contribution in [0.5, 0.6) is 0 Å². The molecule has 0 atom stereocenters.